The lowest BCUT2D eigenvalue weighted by Gasteiger charge is -2.06. The van der Waals surface area contributed by atoms with E-state index >= 15 is 0 Å². The molecule has 26 heavy (non-hydrogen) atoms. The predicted octanol–water partition coefficient (Wildman–Crippen LogP) is 3.42. The molecule has 1 unspecified atom stereocenters. The smallest absolute Gasteiger partial charge is 0.287 e. The Labute approximate surface area is 154 Å². The number of ketones is 1. The van der Waals surface area contributed by atoms with E-state index in [-0.39, 0.29) is 22.7 Å². The largest absolute Gasteiger partial charge is 0.339 e. The number of rotatable bonds is 5. The highest BCUT2D eigenvalue weighted by atomic mass is 32.2. The highest BCUT2D eigenvalue weighted by molar-refractivity contribution is 8.26. The highest BCUT2D eigenvalue weighted by Crippen LogP contribution is 2.26. The molecular formula is C20H16N2O3S. The molecule has 1 saturated heterocycles. The highest BCUT2D eigenvalue weighted by Gasteiger charge is 2.32. The second-order valence-electron chi connectivity index (χ2n) is 6.20. The van der Waals surface area contributed by atoms with Gasteiger partial charge in [-0.3, -0.25) is 14.4 Å². The molecule has 0 radical (unpaired) electrons. The van der Waals surface area contributed by atoms with Crippen molar-refractivity contribution >= 4 is 38.8 Å². The van der Waals surface area contributed by atoms with Crippen molar-refractivity contribution in [2.45, 2.75) is 19.0 Å². The maximum absolute atomic E-state index is 12.6. The van der Waals surface area contributed by atoms with Crippen LogP contribution in [0.5, 0.6) is 0 Å². The van der Waals surface area contributed by atoms with Gasteiger partial charge in [0.25, 0.3) is 5.24 Å². The molecule has 1 fully saturated rings. The Morgan fingerprint density at radius 3 is 2.50 bits per heavy atom. The Kier molecular flexibility index (Phi) is 4.34. The van der Waals surface area contributed by atoms with Gasteiger partial charge in [0, 0.05) is 40.8 Å². The van der Waals surface area contributed by atoms with E-state index in [2.05, 4.69) is 5.32 Å². The quantitative estimate of drug-likeness (QED) is 0.705. The number of amides is 1. The number of carbonyl (C=O) groups excluding carboxylic acids is 3. The van der Waals surface area contributed by atoms with Crippen LogP contribution in [0.4, 0.5) is 4.79 Å². The first-order valence-corrected chi connectivity index (χ1v) is 9.10. The van der Waals surface area contributed by atoms with Gasteiger partial charge in [0.2, 0.25) is 5.12 Å². The fourth-order valence-corrected chi connectivity index (χ4v) is 3.90. The van der Waals surface area contributed by atoms with Crippen molar-refractivity contribution in [2.75, 3.05) is 0 Å². The van der Waals surface area contributed by atoms with Gasteiger partial charge in [0.1, 0.15) is 6.04 Å². The number of aromatic nitrogens is 1. The monoisotopic (exact) mass is 364 g/mol. The molecule has 0 bridgehead atoms. The zero-order valence-corrected chi connectivity index (χ0v) is 14.7. The van der Waals surface area contributed by atoms with E-state index in [1.807, 2.05) is 53.2 Å². The third-order valence-electron chi connectivity index (χ3n) is 4.47. The number of para-hydroxylation sites is 1. The zero-order chi connectivity index (χ0) is 18.1. The average molecular weight is 364 g/mol. The van der Waals surface area contributed by atoms with Gasteiger partial charge in [-0.15, -0.1) is 0 Å². The summed E-state index contributed by atoms with van der Waals surface area (Å²) in [6.45, 7) is 0.226. The molecule has 1 N–H and O–H groups in total. The predicted molar refractivity (Wildman–Crippen MR) is 101 cm³/mol. The maximum Gasteiger partial charge on any atom is 0.287 e. The van der Waals surface area contributed by atoms with Gasteiger partial charge in [0.05, 0.1) is 6.54 Å². The summed E-state index contributed by atoms with van der Waals surface area (Å²) in [5, 5.41) is 3.22. The van der Waals surface area contributed by atoms with Crippen molar-refractivity contribution in [1.29, 1.82) is 0 Å². The average Bonchev–Trinajstić information content (AvgIpc) is 3.16. The molecule has 130 valence electrons. The molecule has 5 nitrogen and oxygen atoms in total. The van der Waals surface area contributed by atoms with Crippen LogP contribution in [0.15, 0.2) is 60.8 Å². The minimum absolute atomic E-state index is 0.0266. The number of nitrogens with zero attached hydrogens (tertiary/aromatic N) is 1. The van der Waals surface area contributed by atoms with Crippen LogP contribution < -0.4 is 5.32 Å². The Morgan fingerprint density at radius 1 is 1.04 bits per heavy atom. The zero-order valence-electron chi connectivity index (χ0n) is 13.8. The fourth-order valence-electron chi connectivity index (χ4n) is 3.23. The van der Waals surface area contributed by atoms with Gasteiger partial charge in [-0.2, -0.15) is 0 Å². The first kappa shape index (κ1) is 16.6. The molecule has 6 heteroatoms. The van der Waals surface area contributed by atoms with Crippen LogP contribution in [0.1, 0.15) is 15.9 Å². The second kappa shape index (κ2) is 6.80. The SMILES string of the molecule is O=C1NC(Cc2cn(CC(=O)c3ccccc3)c3ccccc23)C(=O)S1. The lowest BCUT2D eigenvalue weighted by atomic mass is 10.1. The van der Waals surface area contributed by atoms with Gasteiger partial charge in [0.15, 0.2) is 5.78 Å². The van der Waals surface area contributed by atoms with Crippen LogP contribution in [0, 0.1) is 0 Å². The van der Waals surface area contributed by atoms with E-state index in [4.69, 9.17) is 0 Å². The lowest BCUT2D eigenvalue weighted by molar-refractivity contribution is -0.112. The standard InChI is InChI=1S/C20H16N2O3S/c23-18(13-6-2-1-3-7-13)12-22-11-14(15-8-4-5-9-17(15)22)10-16-19(24)26-20(25)21-16/h1-9,11,16H,10,12H2,(H,21,25). The van der Waals surface area contributed by atoms with Crippen LogP contribution in [0.25, 0.3) is 10.9 Å². The Bertz CT molecular complexity index is 1010. The van der Waals surface area contributed by atoms with E-state index in [0.717, 1.165) is 28.2 Å². The number of carbonyl (C=O) groups is 3. The molecule has 0 spiro atoms. The first-order valence-electron chi connectivity index (χ1n) is 8.29. The minimum Gasteiger partial charge on any atom is -0.339 e. The topological polar surface area (TPSA) is 68.2 Å². The van der Waals surface area contributed by atoms with Crippen LogP contribution in [0.2, 0.25) is 0 Å². The van der Waals surface area contributed by atoms with E-state index in [1.54, 1.807) is 12.1 Å². The van der Waals surface area contributed by atoms with Crippen molar-refractivity contribution < 1.29 is 14.4 Å². The Balaban J connectivity index is 1.65. The third-order valence-corrected chi connectivity index (χ3v) is 5.26. The summed E-state index contributed by atoms with van der Waals surface area (Å²) in [4.78, 5) is 35.9. The number of thioether (sulfide) groups is 1. The lowest BCUT2D eigenvalue weighted by Crippen LogP contribution is -2.30. The van der Waals surface area contributed by atoms with E-state index in [9.17, 15) is 14.4 Å². The molecule has 2 aromatic carbocycles. The van der Waals surface area contributed by atoms with Crippen molar-refractivity contribution in [3.05, 3.63) is 71.9 Å². The summed E-state index contributed by atoms with van der Waals surface area (Å²) >= 11 is 0.718. The van der Waals surface area contributed by atoms with Gasteiger partial charge >= 0.3 is 0 Å². The molecule has 1 atom stereocenters. The molecular weight excluding hydrogens is 348 g/mol. The van der Waals surface area contributed by atoms with Crippen LogP contribution in [-0.2, 0) is 17.8 Å². The third kappa shape index (κ3) is 3.15. The molecule has 3 aromatic rings. The molecule has 1 amide bonds. The van der Waals surface area contributed by atoms with Crippen molar-refractivity contribution in [3.8, 4) is 0 Å². The molecule has 1 aliphatic heterocycles. The number of Topliss-reactive ketones (excluding diaryl/α,β-unsaturated/α-hetero) is 1. The van der Waals surface area contributed by atoms with Gasteiger partial charge < -0.3 is 9.88 Å². The minimum atomic E-state index is -0.517. The number of hydrogen-bond acceptors (Lipinski definition) is 4. The molecule has 2 heterocycles. The Morgan fingerprint density at radius 2 is 1.77 bits per heavy atom. The number of fused-ring (bicyclic) bond motifs is 1. The summed E-state index contributed by atoms with van der Waals surface area (Å²) in [6, 6.07) is 16.5. The van der Waals surface area contributed by atoms with Crippen molar-refractivity contribution in [1.82, 2.24) is 9.88 Å². The van der Waals surface area contributed by atoms with E-state index in [1.165, 1.54) is 0 Å². The van der Waals surface area contributed by atoms with Gasteiger partial charge in [-0.1, -0.05) is 48.5 Å². The normalized spacial score (nSPS) is 16.8. The van der Waals surface area contributed by atoms with E-state index in [0.29, 0.717) is 12.0 Å². The Hall–Kier alpha value is -2.86. The van der Waals surface area contributed by atoms with Gasteiger partial charge in [-0.25, -0.2) is 0 Å². The van der Waals surface area contributed by atoms with Crippen molar-refractivity contribution in [2.24, 2.45) is 0 Å². The summed E-state index contributed by atoms with van der Waals surface area (Å²) in [5.41, 5.74) is 2.56. The van der Waals surface area contributed by atoms with Crippen LogP contribution in [0.3, 0.4) is 0 Å². The molecule has 4 rings (SSSR count). The van der Waals surface area contributed by atoms with Crippen LogP contribution >= 0.6 is 11.8 Å². The van der Waals surface area contributed by atoms with Crippen molar-refractivity contribution in [3.63, 3.8) is 0 Å². The summed E-state index contributed by atoms with van der Waals surface area (Å²) in [5.74, 6) is 0.0266. The van der Waals surface area contributed by atoms with Crippen LogP contribution in [-0.4, -0.2) is 26.7 Å². The molecule has 1 aromatic heterocycles. The molecule has 0 saturated carbocycles. The number of benzene rings is 2. The fraction of sp³-hybridized carbons (Fsp3) is 0.150. The number of nitrogens with one attached hydrogen (secondary N) is 1. The van der Waals surface area contributed by atoms with E-state index < -0.39 is 6.04 Å². The molecule has 0 aliphatic carbocycles. The maximum atomic E-state index is 12.6. The second-order valence-corrected chi connectivity index (χ2v) is 7.18. The molecule has 1 aliphatic rings. The van der Waals surface area contributed by atoms with Gasteiger partial charge in [-0.05, 0) is 11.6 Å². The first-order chi connectivity index (χ1) is 12.6. The summed E-state index contributed by atoms with van der Waals surface area (Å²) in [7, 11) is 0. The number of hydrogen-bond donors (Lipinski definition) is 1. The summed E-state index contributed by atoms with van der Waals surface area (Å²) in [6.07, 6.45) is 2.33. The summed E-state index contributed by atoms with van der Waals surface area (Å²) < 4.78 is 1.91.